The molecule has 0 aromatic heterocycles. The average Bonchev–Trinajstić information content (AvgIpc) is 2.40. The number of rotatable bonds is 4. The Labute approximate surface area is 108 Å². The second-order valence-corrected chi connectivity index (χ2v) is 5.01. The van der Waals surface area contributed by atoms with Crippen LogP contribution in [0.2, 0.25) is 0 Å². The van der Waals surface area contributed by atoms with Crippen LogP contribution in [0.25, 0.3) is 0 Å². The molecule has 0 unspecified atom stereocenters. The first-order chi connectivity index (χ1) is 8.74. The molecule has 0 amide bonds. The van der Waals surface area contributed by atoms with E-state index in [0.29, 0.717) is 11.5 Å². The molecule has 1 aliphatic carbocycles. The molecule has 1 fully saturated rings. The zero-order chi connectivity index (χ0) is 13.0. The number of hydrogen-bond acceptors (Lipinski definition) is 1. The van der Waals surface area contributed by atoms with E-state index in [2.05, 4.69) is 6.58 Å². The Morgan fingerprint density at radius 2 is 2.06 bits per heavy atom. The Balaban J connectivity index is 2.44. The maximum absolute atomic E-state index is 11.4. The number of benzene rings is 1. The Hall–Kier alpha value is -1.57. The highest BCUT2D eigenvalue weighted by molar-refractivity contribution is 5.90. The summed E-state index contributed by atoms with van der Waals surface area (Å²) < 4.78 is 0. The third-order valence-corrected chi connectivity index (χ3v) is 3.80. The lowest BCUT2D eigenvalue weighted by Gasteiger charge is -2.25. The molecule has 0 spiro atoms. The van der Waals surface area contributed by atoms with E-state index in [1.165, 1.54) is 19.3 Å². The zero-order valence-electron chi connectivity index (χ0n) is 10.7. The van der Waals surface area contributed by atoms with Gasteiger partial charge in [0, 0.05) is 0 Å². The molecular weight excluding hydrogens is 224 g/mol. The van der Waals surface area contributed by atoms with E-state index in [1.807, 2.05) is 18.2 Å². The van der Waals surface area contributed by atoms with Gasteiger partial charge in [0.15, 0.2) is 0 Å². The van der Waals surface area contributed by atoms with E-state index in [9.17, 15) is 9.90 Å². The third-order valence-electron chi connectivity index (χ3n) is 3.80. The summed E-state index contributed by atoms with van der Waals surface area (Å²) in [6, 6.07) is 5.62. The van der Waals surface area contributed by atoms with Crippen LogP contribution in [-0.2, 0) is 6.42 Å². The first-order valence-electron chi connectivity index (χ1n) is 6.70. The van der Waals surface area contributed by atoms with Crippen LogP contribution in [0.5, 0.6) is 0 Å². The number of allylic oxidation sites excluding steroid dienone is 1. The van der Waals surface area contributed by atoms with Gasteiger partial charge < -0.3 is 5.11 Å². The van der Waals surface area contributed by atoms with Gasteiger partial charge in [-0.3, -0.25) is 0 Å². The van der Waals surface area contributed by atoms with Crippen molar-refractivity contribution in [3.8, 4) is 0 Å². The predicted molar refractivity (Wildman–Crippen MR) is 73.1 cm³/mol. The predicted octanol–water partition coefficient (Wildman–Crippen LogP) is 4.16. The van der Waals surface area contributed by atoms with Gasteiger partial charge in [0.05, 0.1) is 5.56 Å². The fourth-order valence-electron chi connectivity index (χ4n) is 3.01. The van der Waals surface area contributed by atoms with Gasteiger partial charge in [-0.2, -0.15) is 0 Å². The molecule has 0 radical (unpaired) electrons. The molecule has 1 aromatic rings. The Kier molecular flexibility index (Phi) is 4.19. The maximum atomic E-state index is 11.4. The van der Waals surface area contributed by atoms with Crippen LogP contribution >= 0.6 is 0 Å². The first-order valence-corrected chi connectivity index (χ1v) is 6.70. The number of aromatic carboxylic acids is 1. The summed E-state index contributed by atoms with van der Waals surface area (Å²) in [5.74, 6) is -0.387. The van der Waals surface area contributed by atoms with E-state index in [4.69, 9.17) is 0 Å². The fourth-order valence-corrected chi connectivity index (χ4v) is 3.01. The van der Waals surface area contributed by atoms with E-state index in [-0.39, 0.29) is 0 Å². The quantitative estimate of drug-likeness (QED) is 0.807. The zero-order valence-corrected chi connectivity index (χ0v) is 10.7. The Morgan fingerprint density at radius 1 is 1.33 bits per heavy atom. The molecular formula is C16H20O2. The molecule has 2 nitrogen and oxygen atoms in total. The number of carbonyl (C=O) groups is 1. The lowest BCUT2D eigenvalue weighted by molar-refractivity contribution is 0.0694. The van der Waals surface area contributed by atoms with Gasteiger partial charge in [-0.05, 0) is 42.4 Å². The van der Waals surface area contributed by atoms with Crippen molar-refractivity contribution in [3.63, 3.8) is 0 Å². The van der Waals surface area contributed by atoms with Crippen molar-refractivity contribution in [1.29, 1.82) is 0 Å². The molecule has 0 aliphatic heterocycles. The van der Waals surface area contributed by atoms with Gasteiger partial charge in [0.2, 0.25) is 0 Å². The highest BCUT2D eigenvalue weighted by atomic mass is 16.4. The lowest BCUT2D eigenvalue weighted by Crippen LogP contribution is -2.13. The van der Waals surface area contributed by atoms with Gasteiger partial charge in [-0.15, -0.1) is 6.58 Å². The summed E-state index contributed by atoms with van der Waals surface area (Å²) in [5, 5.41) is 9.36. The topological polar surface area (TPSA) is 37.3 Å². The number of carboxylic acid groups (broad SMARTS) is 1. The first kappa shape index (κ1) is 12.9. The average molecular weight is 244 g/mol. The molecule has 0 heterocycles. The SMILES string of the molecule is C=CCc1cccc(C(=O)O)c1C1CCCCC1. The number of carboxylic acids is 1. The molecule has 1 saturated carbocycles. The lowest BCUT2D eigenvalue weighted by atomic mass is 9.79. The highest BCUT2D eigenvalue weighted by Gasteiger charge is 2.23. The largest absolute Gasteiger partial charge is 0.478 e. The fraction of sp³-hybridized carbons (Fsp3) is 0.438. The van der Waals surface area contributed by atoms with Crippen molar-refractivity contribution in [3.05, 3.63) is 47.5 Å². The van der Waals surface area contributed by atoms with Crippen LogP contribution in [-0.4, -0.2) is 11.1 Å². The van der Waals surface area contributed by atoms with E-state index in [1.54, 1.807) is 6.07 Å². The normalized spacial score (nSPS) is 16.4. The maximum Gasteiger partial charge on any atom is 0.335 e. The minimum absolute atomic E-state index is 0.418. The van der Waals surface area contributed by atoms with Crippen LogP contribution in [0.4, 0.5) is 0 Å². The van der Waals surface area contributed by atoms with E-state index in [0.717, 1.165) is 30.4 Å². The van der Waals surface area contributed by atoms with Crippen molar-refractivity contribution in [2.75, 3.05) is 0 Å². The second kappa shape index (κ2) is 5.85. The van der Waals surface area contributed by atoms with E-state index >= 15 is 0 Å². The van der Waals surface area contributed by atoms with Gasteiger partial charge in [-0.25, -0.2) is 4.79 Å². The van der Waals surface area contributed by atoms with E-state index < -0.39 is 5.97 Å². The van der Waals surface area contributed by atoms with Crippen LogP contribution in [0.3, 0.4) is 0 Å². The summed E-state index contributed by atoms with van der Waals surface area (Å²) in [6.45, 7) is 3.77. The van der Waals surface area contributed by atoms with Crippen molar-refractivity contribution >= 4 is 5.97 Å². The summed E-state index contributed by atoms with van der Waals surface area (Å²) in [7, 11) is 0. The monoisotopic (exact) mass is 244 g/mol. The number of hydrogen-bond donors (Lipinski definition) is 1. The molecule has 0 bridgehead atoms. The van der Waals surface area contributed by atoms with Gasteiger partial charge in [0.1, 0.15) is 0 Å². The second-order valence-electron chi connectivity index (χ2n) is 5.01. The molecule has 1 N–H and O–H groups in total. The molecule has 2 heteroatoms. The summed E-state index contributed by atoms with van der Waals surface area (Å²) in [5.41, 5.74) is 2.68. The smallest absolute Gasteiger partial charge is 0.335 e. The van der Waals surface area contributed by atoms with Crippen molar-refractivity contribution < 1.29 is 9.90 Å². The molecule has 2 rings (SSSR count). The minimum atomic E-state index is -0.804. The van der Waals surface area contributed by atoms with Crippen molar-refractivity contribution in [1.82, 2.24) is 0 Å². The van der Waals surface area contributed by atoms with Crippen molar-refractivity contribution in [2.45, 2.75) is 44.4 Å². The molecule has 0 saturated heterocycles. The molecule has 18 heavy (non-hydrogen) atoms. The van der Waals surface area contributed by atoms with Crippen LogP contribution in [0.15, 0.2) is 30.9 Å². The molecule has 1 aliphatic rings. The Morgan fingerprint density at radius 3 is 2.67 bits per heavy atom. The van der Waals surface area contributed by atoms with Gasteiger partial charge in [0.25, 0.3) is 0 Å². The van der Waals surface area contributed by atoms with Gasteiger partial charge in [-0.1, -0.05) is 37.5 Å². The third kappa shape index (κ3) is 2.63. The van der Waals surface area contributed by atoms with Crippen LogP contribution < -0.4 is 0 Å². The Bertz CT molecular complexity index is 442. The minimum Gasteiger partial charge on any atom is -0.478 e. The van der Waals surface area contributed by atoms with Gasteiger partial charge >= 0.3 is 5.97 Å². The molecule has 96 valence electrons. The highest BCUT2D eigenvalue weighted by Crippen LogP contribution is 2.36. The summed E-state index contributed by atoms with van der Waals surface area (Å²) in [4.78, 5) is 11.4. The molecule has 0 atom stereocenters. The van der Waals surface area contributed by atoms with Crippen LogP contribution in [0.1, 0.15) is 59.5 Å². The summed E-state index contributed by atoms with van der Waals surface area (Å²) >= 11 is 0. The van der Waals surface area contributed by atoms with Crippen molar-refractivity contribution in [2.24, 2.45) is 0 Å². The standard InChI is InChI=1S/C16H20O2/c1-2-7-12-10-6-11-14(16(17)18)15(12)13-8-4-3-5-9-13/h2,6,10-11,13H,1,3-5,7-9H2,(H,17,18). The van der Waals surface area contributed by atoms with Crippen LogP contribution in [0, 0.1) is 0 Å². The summed E-state index contributed by atoms with van der Waals surface area (Å²) in [6.07, 6.45) is 8.56. The molecule has 1 aromatic carbocycles.